The van der Waals surface area contributed by atoms with Gasteiger partial charge in [0.05, 0.1) is 5.02 Å². The van der Waals surface area contributed by atoms with E-state index in [1.54, 1.807) is 4.52 Å². The quantitative estimate of drug-likeness (QED) is 0.854. The summed E-state index contributed by atoms with van der Waals surface area (Å²) >= 11 is 6.11. The molecule has 2 aromatic heterocycles. The van der Waals surface area contributed by atoms with E-state index in [2.05, 4.69) is 21.9 Å². The van der Waals surface area contributed by atoms with Gasteiger partial charge in [-0.15, -0.1) is 0 Å². The molecule has 0 radical (unpaired) electrons. The van der Waals surface area contributed by atoms with Gasteiger partial charge in [-0.3, -0.25) is 0 Å². The minimum Gasteiger partial charge on any atom is -0.300 e. The van der Waals surface area contributed by atoms with Crippen molar-refractivity contribution < 1.29 is 0 Å². The van der Waals surface area contributed by atoms with Gasteiger partial charge in [0, 0.05) is 18.7 Å². The fourth-order valence-electron chi connectivity index (χ4n) is 2.76. The van der Waals surface area contributed by atoms with Crippen molar-refractivity contribution in [3.63, 3.8) is 0 Å². The molecule has 18 heavy (non-hydrogen) atoms. The SMILES string of the molecule is CCN1CCCC1Cc1nc2c(Cl)cccn2n1. The number of likely N-dealkylation sites (N-methyl/N-ethyl adjacent to an activating group) is 1. The molecule has 1 atom stereocenters. The van der Waals surface area contributed by atoms with Crippen molar-refractivity contribution in [1.29, 1.82) is 0 Å². The largest absolute Gasteiger partial charge is 0.300 e. The maximum Gasteiger partial charge on any atom is 0.174 e. The summed E-state index contributed by atoms with van der Waals surface area (Å²) in [6, 6.07) is 4.33. The average Bonchev–Trinajstić information content (AvgIpc) is 2.96. The number of nitrogens with zero attached hydrogens (tertiary/aromatic N) is 4. The lowest BCUT2D eigenvalue weighted by Gasteiger charge is -2.21. The van der Waals surface area contributed by atoms with Crippen LogP contribution < -0.4 is 0 Å². The highest BCUT2D eigenvalue weighted by molar-refractivity contribution is 6.33. The fourth-order valence-corrected chi connectivity index (χ4v) is 2.96. The zero-order chi connectivity index (χ0) is 12.5. The van der Waals surface area contributed by atoms with E-state index < -0.39 is 0 Å². The Hall–Kier alpha value is -1.13. The third kappa shape index (κ3) is 2.10. The monoisotopic (exact) mass is 264 g/mol. The van der Waals surface area contributed by atoms with Crippen LogP contribution in [0.25, 0.3) is 5.65 Å². The number of hydrogen-bond donors (Lipinski definition) is 0. The van der Waals surface area contributed by atoms with Crippen molar-refractivity contribution in [3.8, 4) is 0 Å². The summed E-state index contributed by atoms with van der Waals surface area (Å²) in [6.07, 6.45) is 5.35. The number of halogens is 1. The Labute approximate surface area is 112 Å². The van der Waals surface area contributed by atoms with E-state index in [1.807, 2.05) is 18.3 Å². The molecule has 2 aromatic rings. The van der Waals surface area contributed by atoms with Crippen molar-refractivity contribution in [2.75, 3.05) is 13.1 Å². The second-order valence-corrected chi connectivity index (χ2v) is 5.19. The third-order valence-corrected chi connectivity index (χ3v) is 3.98. The minimum atomic E-state index is 0.589. The van der Waals surface area contributed by atoms with Gasteiger partial charge in [-0.25, -0.2) is 9.50 Å². The van der Waals surface area contributed by atoms with Crippen LogP contribution >= 0.6 is 11.6 Å². The number of fused-ring (bicyclic) bond motifs is 1. The molecule has 0 aromatic carbocycles. The predicted octanol–water partition coefficient (Wildman–Crippen LogP) is 2.41. The number of rotatable bonds is 3. The van der Waals surface area contributed by atoms with E-state index in [0.717, 1.165) is 24.4 Å². The third-order valence-electron chi connectivity index (χ3n) is 3.68. The van der Waals surface area contributed by atoms with Gasteiger partial charge in [-0.1, -0.05) is 18.5 Å². The zero-order valence-electron chi connectivity index (χ0n) is 10.5. The van der Waals surface area contributed by atoms with Crippen LogP contribution in [0.3, 0.4) is 0 Å². The van der Waals surface area contributed by atoms with Gasteiger partial charge in [-0.2, -0.15) is 5.10 Å². The Morgan fingerprint density at radius 1 is 1.50 bits per heavy atom. The Balaban J connectivity index is 1.84. The first kappa shape index (κ1) is 11.9. The normalized spacial score (nSPS) is 20.9. The Morgan fingerprint density at radius 2 is 2.39 bits per heavy atom. The molecule has 1 aliphatic heterocycles. The second-order valence-electron chi connectivity index (χ2n) is 4.78. The van der Waals surface area contributed by atoms with Gasteiger partial charge in [0.2, 0.25) is 0 Å². The minimum absolute atomic E-state index is 0.589. The summed E-state index contributed by atoms with van der Waals surface area (Å²) in [5.74, 6) is 0.897. The van der Waals surface area contributed by atoms with Crippen LogP contribution in [0.15, 0.2) is 18.3 Å². The first-order valence-electron chi connectivity index (χ1n) is 6.51. The van der Waals surface area contributed by atoms with Gasteiger partial charge in [0.15, 0.2) is 11.5 Å². The molecule has 96 valence electrons. The lowest BCUT2D eigenvalue weighted by molar-refractivity contribution is 0.263. The molecule has 1 aliphatic rings. The first-order chi connectivity index (χ1) is 8.78. The van der Waals surface area contributed by atoms with Crippen LogP contribution in [0.5, 0.6) is 0 Å². The number of likely N-dealkylation sites (tertiary alicyclic amines) is 1. The maximum absolute atomic E-state index is 6.11. The summed E-state index contributed by atoms with van der Waals surface area (Å²) in [7, 11) is 0. The van der Waals surface area contributed by atoms with Crippen molar-refractivity contribution >= 4 is 17.2 Å². The predicted molar refractivity (Wildman–Crippen MR) is 72.0 cm³/mol. The summed E-state index contributed by atoms with van der Waals surface area (Å²) in [5.41, 5.74) is 0.759. The molecular weight excluding hydrogens is 248 g/mol. The summed E-state index contributed by atoms with van der Waals surface area (Å²) < 4.78 is 1.77. The van der Waals surface area contributed by atoms with Crippen molar-refractivity contribution in [2.45, 2.75) is 32.2 Å². The molecule has 0 saturated carbocycles. The van der Waals surface area contributed by atoms with E-state index in [0.29, 0.717) is 11.1 Å². The van der Waals surface area contributed by atoms with Crippen molar-refractivity contribution in [3.05, 3.63) is 29.2 Å². The Morgan fingerprint density at radius 3 is 3.17 bits per heavy atom. The van der Waals surface area contributed by atoms with Crippen LogP contribution in [-0.2, 0) is 6.42 Å². The number of aromatic nitrogens is 3. The van der Waals surface area contributed by atoms with Gasteiger partial charge in [0.1, 0.15) is 0 Å². The van der Waals surface area contributed by atoms with Crippen LogP contribution in [0.2, 0.25) is 5.02 Å². The highest BCUT2D eigenvalue weighted by atomic mass is 35.5. The van der Waals surface area contributed by atoms with Crippen LogP contribution in [0, 0.1) is 0 Å². The Kier molecular flexibility index (Phi) is 3.22. The molecule has 1 unspecified atom stereocenters. The lowest BCUT2D eigenvalue weighted by Crippen LogP contribution is -2.31. The lowest BCUT2D eigenvalue weighted by atomic mass is 10.1. The molecule has 4 nitrogen and oxygen atoms in total. The van der Waals surface area contributed by atoms with Crippen molar-refractivity contribution in [2.24, 2.45) is 0 Å². The Bertz CT molecular complexity index is 551. The summed E-state index contributed by atoms with van der Waals surface area (Å²) in [6.45, 7) is 4.53. The van der Waals surface area contributed by atoms with Crippen LogP contribution in [0.4, 0.5) is 0 Å². The molecule has 0 N–H and O–H groups in total. The molecule has 0 amide bonds. The molecule has 3 heterocycles. The van der Waals surface area contributed by atoms with E-state index >= 15 is 0 Å². The molecule has 1 fully saturated rings. The van der Waals surface area contributed by atoms with Gasteiger partial charge in [0.25, 0.3) is 0 Å². The summed E-state index contributed by atoms with van der Waals surface area (Å²) in [5, 5.41) is 5.16. The van der Waals surface area contributed by atoms with Gasteiger partial charge >= 0.3 is 0 Å². The van der Waals surface area contributed by atoms with E-state index in [4.69, 9.17) is 11.6 Å². The standard InChI is InChI=1S/C13H17ClN4/c1-2-17-7-3-5-10(17)9-12-15-13-11(14)6-4-8-18(13)16-12/h4,6,8,10H,2-3,5,7,9H2,1H3. The number of pyridine rings is 1. The van der Waals surface area contributed by atoms with E-state index in [1.165, 1.54) is 19.4 Å². The topological polar surface area (TPSA) is 33.4 Å². The molecular formula is C13H17ClN4. The molecule has 0 aliphatic carbocycles. The van der Waals surface area contributed by atoms with Crippen LogP contribution in [-0.4, -0.2) is 38.6 Å². The average molecular weight is 265 g/mol. The molecule has 0 bridgehead atoms. The van der Waals surface area contributed by atoms with Gasteiger partial charge in [-0.05, 0) is 38.1 Å². The summed E-state index contributed by atoms with van der Waals surface area (Å²) in [4.78, 5) is 7.04. The molecule has 5 heteroatoms. The second kappa shape index (κ2) is 4.86. The smallest absolute Gasteiger partial charge is 0.174 e. The van der Waals surface area contributed by atoms with Crippen molar-refractivity contribution in [1.82, 2.24) is 19.5 Å². The van der Waals surface area contributed by atoms with E-state index in [9.17, 15) is 0 Å². The first-order valence-corrected chi connectivity index (χ1v) is 6.89. The molecule has 0 spiro atoms. The maximum atomic E-state index is 6.11. The number of hydrogen-bond acceptors (Lipinski definition) is 3. The molecule has 3 rings (SSSR count). The van der Waals surface area contributed by atoms with E-state index in [-0.39, 0.29) is 0 Å². The zero-order valence-corrected chi connectivity index (χ0v) is 11.3. The highest BCUT2D eigenvalue weighted by Gasteiger charge is 2.24. The fraction of sp³-hybridized carbons (Fsp3) is 0.538. The highest BCUT2D eigenvalue weighted by Crippen LogP contribution is 2.21. The van der Waals surface area contributed by atoms with Gasteiger partial charge < -0.3 is 4.90 Å². The van der Waals surface area contributed by atoms with Crippen LogP contribution in [0.1, 0.15) is 25.6 Å². The molecule has 1 saturated heterocycles.